The van der Waals surface area contributed by atoms with Crippen molar-refractivity contribution in [3.05, 3.63) is 0 Å². The van der Waals surface area contributed by atoms with Crippen LogP contribution in [-0.2, 0) is 9.59 Å². The molecule has 0 aliphatic heterocycles. The summed E-state index contributed by atoms with van der Waals surface area (Å²) in [5, 5.41) is 8.85. The molecular weight excluding hydrogens is 156 g/mol. The third kappa shape index (κ3) is 1.49. The van der Waals surface area contributed by atoms with Crippen molar-refractivity contribution in [1.82, 2.24) is 0 Å². The lowest BCUT2D eigenvalue weighted by atomic mass is 9.68. The molecule has 0 aromatic carbocycles. The number of carboxylic acid groups (broad SMARTS) is 1. The molecule has 1 aliphatic carbocycles. The molecule has 2 unspecified atom stereocenters. The number of rotatable bonds is 2. The number of aldehydes is 1. The molecule has 0 saturated heterocycles. The van der Waals surface area contributed by atoms with E-state index in [0.29, 0.717) is 12.8 Å². The first-order valence-corrected chi connectivity index (χ1v) is 4.29. The Kier molecular flexibility index (Phi) is 2.50. The quantitative estimate of drug-likeness (QED) is 0.638. The lowest BCUT2D eigenvalue weighted by molar-refractivity contribution is -0.150. The van der Waals surface area contributed by atoms with Crippen LogP contribution < -0.4 is 0 Å². The first-order valence-electron chi connectivity index (χ1n) is 4.29. The fraction of sp³-hybridized carbons (Fsp3) is 0.778. The van der Waals surface area contributed by atoms with Crippen molar-refractivity contribution in [2.45, 2.75) is 32.6 Å². The monoisotopic (exact) mass is 170 g/mol. The summed E-state index contributed by atoms with van der Waals surface area (Å²) >= 11 is 0. The van der Waals surface area contributed by atoms with Gasteiger partial charge < -0.3 is 9.90 Å². The summed E-state index contributed by atoms with van der Waals surface area (Å²) in [6.45, 7) is 1.75. The van der Waals surface area contributed by atoms with Crippen LogP contribution in [0, 0.1) is 11.3 Å². The molecule has 0 amide bonds. The van der Waals surface area contributed by atoms with Gasteiger partial charge in [0.2, 0.25) is 0 Å². The van der Waals surface area contributed by atoms with Crippen LogP contribution in [0.25, 0.3) is 0 Å². The average Bonchev–Trinajstić information content (AvgIpc) is 2.05. The highest BCUT2D eigenvalue weighted by atomic mass is 16.4. The predicted octanol–water partition coefficient (Wildman–Crippen LogP) is 1.47. The molecule has 2 atom stereocenters. The maximum absolute atomic E-state index is 10.8. The maximum atomic E-state index is 10.8. The van der Waals surface area contributed by atoms with E-state index in [2.05, 4.69) is 0 Å². The molecule has 0 radical (unpaired) electrons. The number of carbonyl (C=O) groups is 2. The minimum atomic E-state index is -0.829. The van der Waals surface area contributed by atoms with Crippen LogP contribution in [0.1, 0.15) is 32.6 Å². The molecule has 1 fully saturated rings. The van der Waals surface area contributed by atoms with Crippen molar-refractivity contribution in [1.29, 1.82) is 0 Å². The van der Waals surface area contributed by atoms with Gasteiger partial charge in [0.15, 0.2) is 0 Å². The molecule has 0 heterocycles. The summed E-state index contributed by atoms with van der Waals surface area (Å²) in [4.78, 5) is 21.5. The Bertz CT molecular complexity index is 200. The van der Waals surface area contributed by atoms with Crippen LogP contribution in [0.3, 0.4) is 0 Å². The molecule has 0 bridgehead atoms. The van der Waals surface area contributed by atoms with Gasteiger partial charge in [0.25, 0.3) is 0 Å². The first kappa shape index (κ1) is 9.23. The van der Waals surface area contributed by atoms with E-state index in [1.807, 2.05) is 0 Å². The summed E-state index contributed by atoms with van der Waals surface area (Å²) in [6.07, 6.45) is 4.07. The maximum Gasteiger partial charge on any atom is 0.307 e. The van der Waals surface area contributed by atoms with Gasteiger partial charge in [-0.25, -0.2) is 0 Å². The van der Waals surface area contributed by atoms with Crippen LogP contribution in [0.15, 0.2) is 0 Å². The molecule has 1 N–H and O–H groups in total. The van der Waals surface area contributed by atoms with Crippen LogP contribution in [-0.4, -0.2) is 17.4 Å². The van der Waals surface area contributed by atoms with Crippen molar-refractivity contribution in [3.63, 3.8) is 0 Å². The Morgan fingerprint density at radius 3 is 2.67 bits per heavy atom. The molecular formula is C9H14O3. The molecule has 3 nitrogen and oxygen atoms in total. The third-order valence-corrected chi connectivity index (χ3v) is 2.82. The second-order valence-corrected chi connectivity index (χ2v) is 3.76. The number of aliphatic carboxylic acids is 1. The zero-order valence-electron chi connectivity index (χ0n) is 7.25. The number of hydrogen-bond acceptors (Lipinski definition) is 2. The highest BCUT2D eigenvalue weighted by molar-refractivity contribution is 5.77. The molecule has 0 spiro atoms. The van der Waals surface area contributed by atoms with E-state index in [4.69, 9.17) is 5.11 Å². The summed E-state index contributed by atoms with van der Waals surface area (Å²) in [7, 11) is 0. The Morgan fingerprint density at radius 2 is 2.25 bits per heavy atom. The fourth-order valence-electron chi connectivity index (χ4n) is 1.90. The molecule has 12 heavy (non-hydrogen) atoms. The van der Waals surface area contributed by atoms with E-state index in [0.717, 1.165) is 19.1 Å². The number of carbonyl (C=O) groups excluding carboxylic acids is 1. The van der Waals surface area contributed by atoms with Crippen LogP contribution in [0.4, 0.5) is 0 Å². The Hall–Kier alpha value is -0.860. The molecule has 0 aromatic heterocycles. The van der Waals surface area contributed by atoms with Crippen LogP contribution in [0.5, 0.6) is 0 Å². The lowest BCUT2D eigenvalue weighted by Gasteiger charge is -2.33. The fourth-order valence-corrected chi connectivity index (χ4v) is 1.90. The Balaban J connectivity index is 2.80. The van der Waals surface area contributed by atoms with Crippen molar-refractivity contribution >= 4 is 12.3 Å². The minimum absolute atomic E-state index is 0.469. The Labute approximate surface area is 71.8 Å². The van der Waals surface area contributed by atoms with E-state index < -0.39 is 17.3 Å². The van der Waals surface area contributed by atoms with Gasteiger partial charge in [-0.15, -0.1) is 0 Å². The summed E-state index contributed by atoms with van der Waals surface area (Å²) in [6, 6.07) is 0. The second kappa shape index (κ2) is 3.25. The molecule has 1 saturated carbocycles. The van der Waals surface area contributed by atoms with Gasteiger partial charge in [-0.1, -0.05) is 19.8 Å². The first-order chi connectivity index (χ1) is 5.60. The standard InChI is InChI=1S/C9H14O3/c1-9(6-10)5-3-2-4-7(9)8(11)12/h6-7H,2-5H2,1H3,(H,11,12). The van der Waals surface area contributed by atoms with E-state index in [-0.39, 0.29) is 0 Å². The van der Waals surface area contributed by atoms with Crippen LogP contribution in [0.2, 0.25) is 0 Å². The normalized spacial score (nSPS) is 35.9. The van der Waals surface area contributed by atoms with E-state index >= 15 is 0 Å². The smallest absolute Gasteiger partial charge is 0.307 e. The molecule has 1 rings (SSSR count). The van der Waals surface area contributed by atoms with Gasteiger partial charge in [-0.05, 0) is 12.8 Å². The van der Waals surface area contributed by atoms with Gasteiger partial charge >= 0.3 is 5.97 Å². The number of carboxylic acids is 1. The van der Waals surface area contributed by atoms with Crippen molar-refractivity contribution < 1.29 is 14.7 Å². The molecule has 68 valence electrons. The summed E-state index contributed by atoms with van der Waals surface area (Å²) in [5.74, 6) is -1.30. The average molecular weight is 170 g/mol. The van der Waals surface area contributed by atoms with Crippen LogP contribution >= 0.6 is 0 Å². The molecule has 0 aromatic rings. The van der Waals surface area contributed by atoms with Gasteiger partial charge in [0.05, 0.1) is 5.92 Å². The third-order valence-electron chi connectivity index (χ3n) is 2.82. The zero-order chi connectivity index (χ0) is 9.19. The largest absolute Gasteiger partial charge is 0.481 e. The van der Waals surface area contributed by atoms with Crippen molar-refractivity contribution in [3.8, 4) is 0 Å². The van der Waals surface area contributed by atoms with Gasteiger partial charge in [-0.2, -0.15) is 0 Å². The second-order valence-electron chi connectivity index (χ2n) is 3.76. The van der Waals surface area contributed by atoms with E-state index in [1.54, 1.807) is 6.92 Å². The van der Waals surface area contributed by atoms with Gasteiger partial charge in [-0.3, -0.25) is 4.79 Å². The van der Waals surface area contributed by atoms with Crippen molar-refractivity contribution in [2.75, 3.05) is 0 Å². The van der Waals surface area contributed by atoms with E-state index in [9.17, 15) is 9.59 Å². The summed E-state index contributed by atoms with van der Waals surface area (Å²) < 4.78 is 0. The highest BCUT2D eigenvalue weighted by Crippen LogP contribution is 2.39. The van der Waals surface area contributed by atoms with Crippen molar-refractivity contribution in [2.24, 2.45) is 11.3 Å². The predicted molar refractivity (Wildman–Crippen MR) is 43.8 cm³/mol. The minimum Gasteiger partial charge on any atom is -0.481 e. The van der Waals surface area contributed by atoms with Gasteiger partial charge in [0.1, 0.15) is 6.29 Å². The SMILES string of the molecule is CC1(C=O)CCCCC1C(=O)O. The topological polar surface area (TPSA) is 54.4 Å². The summed E-state index contributed by atoms with van der Waals surface area (Å²) in [5.41, 5.74) is -0.621. The zero-order valence-corrected chi connectivity index (χ0v) is 7.25. The lowest BCUT2D eigenvalue weighted by Crippen LogP contribution is -2.37. The Morgan fingerprint density at radius 1 is 1.58 bits per heavy atom. The molecule has 3 heteroatoms. The van der Waals surface area contributed by atoms with Gasteiger partial charge in [0, 0.05) is 5.41 Å². The number of hydrogen-bond donors (Lipinski definition) is 1. The molecule has 1 aliphatic rings. The highest BCUT2D eigenvalue weighted by Gasteiger charge is 2.40. The van der Waals surface area contributed by atoms with E-state index in [1.165, 1.54) is 0 Å².